The molecule has 0 aromatic heterocycles. The Morgan fingerprint density at radius 1 is 1.10 bits per heavy atom. The molecule has 4 heteroatoms. The number of rotatable bonds is 8. The first-order valence-electron chi connectivity index (χ1n) is 7.78. The molecule has 1 N–H and O–H groups in total. The summed E-state index contributed by atoms with van der Waals surface area (Å²) in [5, 5.41) is 3.34. The van der Waals surface area contributed by atoms with Crippen LogP contribution in [0.3, 0.4) is 0 Å². The molecule has 0 fully saturated rings. The van der Waals surface area contributed by atoms with Crippen LogP contribution in [0, 0.1) is 11.6 Å². The van der Waals surface area contributed by atoms with Crippen molar-refractivity contribution in [3.05, 3.63) is 35.4 Å². The molecule has 0 saturated heterocycles. The van der Waals surface area contributed by atoms with E-state index in [9.17, 15) is 8.78 Å². The Balaban J connectivity index is 3.04. The number of halogens is 2. The quantitative estimate of drug-likeness (QED) is 0.789. The van der Waals surface area contributed by atoms with Crippen LogP contribution in [0.1, 0.15) is 39.7 Å². The molecule has 1 aromatic carbocycles. The molecular formula is C17H28F2N2. The molecule has 1 aromatic rings. The average Bonchev–Trinajstić information content (AvgIpc) is 2.44. The fraction of sp³-hybridized carbons (Fsp3) is 0.647. The number of hydrogen-bond acceptors (Lipinski definition) is 2. The second kappa shape index (κ2) is 7.85. The van der Waals surface area contributed by atoms with Crippen molar-refractivity contribution in [3.63, 3.8) is 0 Å². The molecule has 1 rings (SSSR count). The van der Waals surface area contributed by atoms with Gasteiger partial charge in [-0.25, -0.2) is 8.78 Å². The summed E-state index contributed by atoms with van der Waals surface area (Å²) in [5.74, 6) is -1.03. The zero-order chi connectivity index (χ0) is 16.0. The SMILES string of the molecule is CCN(CC)C(C)(CC)C(Cc1cc(F)cc(F)c1)NC. The van der Waals surface area contributed by atoms with Crippen molar-refractivity contribution in [2.75, 3.05) is 20.1 Å². The summed E-state index contributed by atoms with van der Waals surface area (Å²) >= 11 is 0. The Kier molecular flexibility index (Phi) is 6.75. The molecule has 0 aliphatic rings. The average molecular weight is 298 g/mol. The molecule has 21 heavy (non-hydrogen) atoms. The summed E-state index contributed by atoms with van der Waals surface area (Å²) in [4.78, 5) is 2.41. The zero-order valence-electron chi connectivity index (χ0n) is 13.8. The summed E-state index contributed by atoms with van der Waals surface area (Å²) in [6.45, 7) is 10.6. The maximum atomic E-state index is 13.4. The topological polar surface area (TPSA) is 15.3 Å². The van der Waals surface area contributed by atoms with E-state index < -0.39 is 11.6 Å². The van der Waals surface area contributed by atoms with Crippen LogP contribution in [0.5, 0.6) is 0 Å². The van der Waals surface area contributed by atoms with Gasteiger partial charge in [0.05, 0.1) is 0 Å². The van der Waals surface area contributed by atoms with Crippen LogP contribution < -0.4 is 5.32 Å². The van der Waals surface area contributed by atoms with Crippen molar-refractivity contribution in [1.29, 1.82) is 0 Å². The molecule has 0 heterocycles. The predicted molar refractivity (Wildman–Crippen MR) is 84.5 cm³/mol. The summed E-state index contributed by atoms with van der Waals surface area (Å²) in [6.07, 6.45) is 1.57. The summed E-state index contributed by atoms with van der Waals surface area (Å²) < 4.78 is 26.8. The van der Waals surface area contributed by atoms with Crippen LogP contribution >= 0.6 is 0 Å². The van der Waals surface area contributed by atoms with E-state index in [-0.39, 0.29) is 11.6 Å². The molecule has 0 saturated carbocycles. The van der Waals surface area contributed by atoms with Crippen LogP contribution in [-0.4, -0.2) is 36.6 Å². The van der Waals surface area contributed by atoms with Gasteiger partial charge in [-0.1, -0.05) is 20.8 Å². The third-order valence-corrected chi connectivity index (χ3v) is 4.66. The normalized spacial score (nSPS) is 16.0. The minimum atomic E-state index is -0.513. The number of likely N-dealkylation sites (N-methyl/N-ethyl adjacent to an activating group) is 2. The van der Waals surface area contributed by atoms with Crippen molar-refractivity contribution >= 4 is 0 Å². The monoisotopic (exact) mass is 298 g/mol. The van der Waals surface area contributed by atoms with Gasteiger partial charge in [0.15, 0.2) is 0 Å². The van der Waals surface area contributed by atoms with Gasteiger partial charge in [-0.2, -0.15) is 0 Å². The van der Waals surface area contributed by atoms with Gasteiger partial charge in [0.25, 0.3) is 0 Å². The van der Waals surface area contributed by atoms with Gasteiger partial charge in [0.2, 0.25) is 0 Å². The molecular weight excluding hydrogens is 270 g/mol. The highest BCUT2D eigenvalue weighted by Gasteiger charge is 2.36. The van der Waals surface area contributed by atoms with Crippen molar-refractivity contribution in [3.8, 4) is 0 Å². The maximum Gasteiger partial charge on any atom is 0.126 e. The van der Waals surface area contributed by atoms with Gasteiger partial charge in [-0.15, -0.1) is 0 Å². The molecule has 120 valence electrons. The van der Waals surface area contributed by atoms with Crippen LogP contribution in [0.25, 0.3) is 0 Å². The smallest absolute Gasteiger partial charge is 0.126 e. The molecule has 0 aliphatic heterocycles. The van der Waals surface area contributed by atoms with Gasteiger partial charge >= 0.3 is 0 Å². The highest BCUT2D eigenvalue weighted by atomic mass is 19.1. The summed E-state index contributed by atoms with van der Waals surface area (Å²) in [5.41, 5.74) is 0.639. The van der Waals surface area contributed by atoms with Crippen LogP contribution in [-0.2, 0) is 6.42 Å². The molecule has 0 spiro atoms. The molecule has 2 unspecified atom stereocenters. The van der Waals surface area contributed by atoms with Gasteiger partial charge in [0, 0.05) is 17.6 Å². The molecule has 0 radical (unpaired) electrons. The van der Waals surface area contributed by atoms with Gasteiger partial charge in [-0.05, 0) is 57.6 Å². The third-order valence-electron chi connectivity index (χ3n) is 4.66. The second-order valence-corrected chi connectivity index (χ2v) is 5.71. The van der Waals surface area contributed by atoms with E-state index in [0.29, 0.717) is 12.0 Å². The van der Waals surface area contributed by atoms with Crippen LogP contribution in [0.15, 0.2) is 18.2 Å². The molecule has 2 atom stereocenters. The lowest BCUT2D eigenvalue weighted by Crippen LogP contribution is -2.59. The number of benzene rings is 1. The van der Waals surface area contributed by atoms with E-state index in [1.807, 2.05) is 7.05 Å². The first-order valence-corrected chi connectivity index (χ1v) is 7.78. The lowest BCUT2D eigenvalue weighted by Gasteiger charge is -2.46. The second-order valence-electron chi connectivity index (χ2n) is 5.71. The first kappa shape index (κ1) is 18.1. The summed E-state index contributed by atoms with van der Waals surface area (Å²) in [6, 6.07) is 3.89. The van der Waals surface area contributed by atoms with Crippen LogP contribution in [0.2, 0.25) is 0 Å². The Hall–Kier alpha value is -1.00. The minimum Gasteiger partial charge on any atom is -0.315 e. The zero-order valence-corrected chi connectivity index (χ0v) is 13.8. The van der Waals surface area contributed by atoms with E-state index in [0.717, 1.165) is 25.6 Å². The fourth-order valence-corrected chi connectivity index (χ4v) is 3.23. The van der Waals surface area contributed by atoms with E-state index in [1.54, 1.807) is 0 Å². The molecule has 0 amide bonds. The largest absolute Gasteiger partial charge is 0.315 e. The van der Waals surface area contributed by atoms with Crippen molar-refractivity contribution < 1.29 is 8.78 Å². The lowest BCUT2D eigenvalue weighted by molar-refractivity contribution is 0.0730. The minimum absolute atomic E-state index is 0.0545. The number of nitrogens with one attached hydrogen (secondary N) is 1. The van der Waals surface area contributed by atoms with Crippen molar-refractivity contribution in [2.24, 2.45) is 0 Å². The van der Waals surface area contributed by atoms with E-state index in [1.165, 1.54) is 12.1 Å². The first-order chi connectivity index (χ1) is 9.90. The van der Waals surface area contributed by atoms with Gasteiger partial charge in [0.1, 0.15) is 11.6 Å². The highest BCUT2D eigenvalue weighted by Crippen LogP contribution is 2.26. The predicted octanol–water partition coefficient (Wildman–Crippen LogP) is 3.61. The fourth-order valence-electron chi connectivity index (χ4n) is 3.23. The van der Waals surface area contributed by atoms with Crippen LogP contribution in [0.4, 0.5) is 8.78 Å². The Morgan fingerprint density at radius 2 is 1.62 bits per heavy atom. The Bertz CT molecular complexity index is 426. The molecule has 0 bridgehead atoms. The van der Waals surface area contributed by atoms with Crippen molar-refractivity contribution in [2.45, 2.75) is 52.1 Å². The molecule has 2 nitrogen and oxygen atoms in total. The van der Waals surface area contributed by atoms with E-state index in [4.69, 9.17) is 0 Å². The highest BCUT2D eigenvalue weighted by molar-refractivity contribution is 5.20. The van der Waals surface area contributed by atoms with Crippen molar-refractivity contribution in [1.82, 2.24) is 10.2 Å². The Morgan fingerprint density at radius 3 is 2.00 bits per heavy atom. The third kappa shape index (κ3) is 4.24. The number of hydrogen-bond donors (Lipinski definition) is 1. The number of nitrogens with zero attached hydrogens (tertiary/aromatic N) is 1. The van der Waals surface area contributed by atoms with Gasteiger partial charge in [-0.3, -0.25) is 4.90 Å². The lowest BCUT2D eigenvalue weighted by atomic mass is 9.83. The van der Waals surface area contributed by atoms with Gasteiger partial charge < -0.3 is 5.32 Å². The Labute approximate surface area is 127 Å². The van der Waals surface area contributed by atoms with E-state index >= 15 is 0 Å². The molecule has 0 aliphatic carbocycles. The maximum absolute atomic E-state index is 13.4. The standard InChI is InChI=1S/C17H28F2N2/c1-6-17(4,21(7-2)8-3)16(20-5)11-13-9-14(18)12-15(19)10-13/h9-10,12,16,20H,6-8,11H2,1-5H3. The van der Waals surface area contributed by atoms with E-state index in [2.05, 4.69) is 37.9 Å². The summed E-state index contributed by atoms with van der Waals surface area (Å²) in [7, 11) is 1.91.